The van der Waals surface area contributed by atoms with E-state index in [1.807, 2.05) is 0 Å². The molecule has 0 saturated heterocycles. The fraction of sp³-hybridized carbons (Fsp3) is 0.400. The topological polar surface area (TPSA) is 125 Å². The van der Waals surface area contributed by atoms with E-state index in [0.29, 0.717) is 36.0 Å². The zero-order chi connectivity index (χ0) is 21.0. The first-order valence-corrected chi connectivity index (χ1v) is 9.08. The Kier molecular flexibility index (Phi) is 6.28. The van der Waals surface area contributed by atoms with Crippen LogP contribution in [-0.2, 0) is 16.1 Å². The third-order valence-electron chi connectivity index (χ3n) is 4.40. The van der Waals surface area contributed by atoms with Crippen molar-refractivity contribution in [3.05, 3.63) is 45.5 Å². The van der Waals surface area contributed by atoms with Gasteiger partial charge < -0.3 is 33.6 Å². The smallest absolute Gasteiger partial charge is 0.306 e. The SMILES string of the molecule is CCOC(=O)CC(c1cc(OC)c2c(c1)OCCO2)c1oc(CO)cc(=O)c1O. The van der Waals surface area contributed by atoms with Crippen molar-refractivity contribution in [1.29, 1.82) is 0 Å². The average molecular weight is 406 g/mol. The van der Waals surface area contributed by atoms with Gasteiger partial charge in [0.05, 0.1) is 26.1 Å². The molecular weight excluding hydrogens is 384 g/mol. The molecule has 0 fully saturated rings. The van der Waals surface area contributed by atoms with Crippen molar-refractivity contribution >= 4 is 5.97 Å². The number of aliphatic hydroxyl groups is 1. The number of carbonyl (C=O) groups excluding carboxylic acids is 1. The molecule has 1 aromatic heterocycles. The summed E-state index contributed by atoms with van der Waals surface area (Å²) in [6, 6.07) is 4.24. The molecule has 0 saturated carbocycles. The lowest BCUT2D eigenvalue weighted by Gasteiger charge is -2.24. The molecule has 0 amide bonds. The summed E-state index contributed by atoms with van der Waals surface area (Å²) in [6.07, 6.45) is -0.220. The van der Waals surface area contributed by atoms with E-state index in [0.717, 1.165) is 6.07 Å². The Hall–Kier alpha value is -3.20. The quantitative estimate of drug-likeness (QED) is 0.661. The highest BCUT2D eigenvalue weighted by molar-refractivity contribution is 5.72. The number of aromatic hydroxyl groups is 1. The number of hydrogen-bond acceptors (Lipinski definition) is 9. The van der Waals surface area contributed by atoms with E-state index in [9.17, 15) is 19.8 Å². The first-order chi connectivity index (χ1) is 14.0. The molecule has 3 rings (SSSR count). The van der Waals surface area contributed by atoms with Crippen molar-refractivity contribution in [2.75, 3.05) is 26.9 Å². The van der Waals surface area contributed by atoms with Crippen LogP contribution < -0.4 is 19.6 Å². The molecule has 1 aromatic carbocycles. The van der Waals surface area contributed by atoms with Gasteiger partial charge in [-0.05, 0) is 24.6 Å². The molecular formula is C20H22O9. The summed E-state index contributed by atoms with van der Waals surface area (Å²) in [5.41, 5.74) is -0.249. The standard InChI is InChI=1S/C20H22O9/c1-3-26-17(23)9-13(19-18(24)14(22)8-12(10-21)29-19)11-6-15(25-2)20-16(7-11)27-4-5-28-20/h6-8,13,21,24H,3-5,9-10H2,1-2H3. The molecule has 2 aromatic rings. The normalized spacial score (nSPS) is 13.6. The van der Waals surface area contributed by atoms with Gasteiger partial charge in [-0.2, -0.15) is 0 Å². The van der Waals surface area contributed by atoms with Crippen LogP contribution in [0.1, 0.15) is 36.3 Å². The Morgan fingerprint density at radius 3 is 2.69 bits per heavy atom. The maximum absolute atomic E-state index is 12.2. The second-order valence-electron chi connectivity index (χ2n) is 6.26. The molecule has 1 aliphatic heterocycles. The van der Waals surface area contributed by atoms with Crippen LogP contribution in [0.25, 0.3) is 0 Å². The van der Waals surface area contributed by atoms with Crippen molar-refractivity contribution in [1.82, 2.24) is 0 Å². The molecule has 1 aliphatic rings. The third-order valence-corrected chi connectivity index (χ3v) is 4.40. The van der Waals surface area contributed by atoms with E-state index in [2.05, 4.69) is 0 Å². The van der Waals surface area contributed by atoms with E-state index >= 15 is 0 Å². The summed E-state index contributed by atoms with van der Waals surface area (Å²) in [5, 5.41) is 19.7. The molecule has 9 nitrogen and oxygen atoms in total. The summed E-state index contributed by atoms with van der Waals surface area (Å²) in [4.78, 5) is 24.3. The average Bonchev–Trinajstić information content (AvgIpc) is 2.73. The van der Waals surface area contributed by atoms with Gasteiger partial charge in [0, 0.05) is 6.07 Å². The molecule has 0 aliphatic carbocycles. The van der Waals surface area contributed by atoms with Gasteiger partial charge in [-0.1, -0.05) is 0 Å². The summed E-state index contributed by atoms with van der Waals surface area (Å²) < 4.78 is 27.2. The molecule has 0 radical (unpaired) electrons. The molecule has 9 heteroatoms. The van der Waals surface area contributed by atoms with Gasteiger partial charge in [0.1, 0.15) is 25.6 Å². The molecule has 0 spiro atoms. The second-order valence-corrected chi connectivity index (χ2v) is 6.26. The number of fused-ring (bicyclic) bond motifs is 1. The number of esters is 1. The van der Waals surface area contributed by atoms with Gasteiger partial charge in [-0.15, -0.1) is 0 Å². The van der Waals surface area contributed by atoms with E-state index in [1.165, 1.54) is 7.11 Å². The maximum atomic E-state index is 12.2. The molecule has 29 heavy (non-hydrogen) atoms. The van der Waals surface area contributed by atoms with E-state index in [1.54, 1.807) is 19.1 Å². The van der Waals surface area contributed by atoms with Gasteiger partial charge >= 0.3 is 5.97 Å². The van der Waals surface area contributed by atoms with Crippen LogP contribution in [0.5, 0.6) is 23.0 Å². The van der Waals surface area contributed by atoms with E-state index < -0.39 is 29.7 Å². The Balaban J connectivity index is 2.16. The lowest BCUT2D eigenvalue weighted by atomic mass is 9.91. The Morgan fingerprint density at radius 1 is 1.24 bits per heavy atom. The number of carbonyl (C=O) groups is 1. The minimum atomic E-state index is -0.891. The Labute approximate surface area is 166 Å². The lowest BCUT2D eigenvalue weighted by molar-refractivity contribution is -0.143. The monoisotopic (exact) mass is 406 g/mol. The van der Waals surface area contributed by atoms with Crippen LogP contribution in [0.3, 0.4) is 0 Å². The molecule has 2 heterocycles. The Morgan fingerprint density at radius 2 is 2.00 bits per heavy atom. The number of ether oxygens (including phenoxy) is 4. The fourth-order valence-corrected chi connectivity index (χ4v) is 3.11. The minimum Gasteiger partial charge on any atom is -0.502 e. The highest BCUT2D eigenvalue weighted by Gasteiger charge is 2.29. The number of methoxy groups -OCH3 is 1. The number of hydrogen-bond donors (Lipinski definition) is 2. The largest absolute Gasteiger partial charge is 0.502 e. The second kappa shape index (κ2) is 8.87. The van der Waals surface area contributed by atoms with Gasteiger partial charge in [0.25, 0.3) is 0 Å². The Bertz CT molecular complexity index is 930. The van der Waals surface area contributed by atoms with Crippen LogP contribution in [0.15, 0.2) is 27.4 Å². The van der Waals surface area contributed by atoms with Crippen LogP contribution in [0.4, 0.5) is 0 Å². The van der Waals surface area contributed by atoms with Crippen molar-refractivity contribution in [2.45, 2.75) is 25.9 Å². The number of aliphatic hydroxyl groups excluding tert-OH is 1. The summed E-state index contributed by atoms with van der Waals surface area (Å²) in [6.45, 7) is 2.00. The molecule has 2 N–H and O–H groups in total. The minimum absolute atomic E-state index is 0.0406. The fourth-order valence-electron chi connectivity index (χ4n) is 3.11. The van der Waals surface area contributed by atoms with Crippen molar-refractivity contribution in [3.8, 4) is 23.0 Å². The highest BCUT2D eigenvalue weighted by atomic mass is 16.6. The first-order valence-electron chi connectivity index (χ1n) is 9.08. The molecule has 156 valence electrons. The van der Waals surface area contributed by atoms with E-state index in [-0.39, 0.29) is 24.5 Å². The predicted molar refractivity (Wildman–Crippen MR) is 99.6 cm³/mol. The molecule has 1 unspecified atom stereocenters. The highest BCUT2D eigenvalue weighted by Crippen LogP contribution is 2.44. The van der Waals surface area contributed by atoms with Crippen molar-refractivity contribution < 1.29 is 38.4 Å². The third kappa shape index (κ3) is 4.29. The van der Waals surface area contributed by atoms with Crippen molar-refractivity contribution in [2.24, 2.45) is 0 Å². The molecule has 1 atom stereocenters. The van der Waals surface area contributed by atoms with Crippen molar-refractivity contribution in [3.63, 3.8) is 0 Å². The zero-order valence-corrected chi connectivity index (χ0v) is 16.1. The predicted octanol–water partition coefficient (Wildman–Crippen LogP) is 1.70. The first kappa shape index (κ1) is 20.5. The summed E-state index contributed by atoms with van der Waals surface area (Å²) in [5.74, 6) is -1.10. The molecule has 0 bridgehead atoms. The van der Waals surface area contributed by atoms with Crippen LogP contribution in [-0.4, -0.2) is 43.1 Å². The maximum Gasteiger partial charge on any atom is 0.306 e. The van der Waals surface area contributed by atoms with Gasteiger partial charge in [0.15, 0.2) is 17.3 Å². The van der Waals surface area contributed by atoms with Gasteiger partial charge in [-0.3, -0.25) is 9.59 Å². The van der Waals surface area contributed by atoms with Gasteiger partial charge in [-0.25, -0.2) is 0 Å². The summed E-state index contributed by atoms with van der Waals surface area (Å²) in [7, 11) is 1.46. The summed E-state index contributed by atoms with van der Waals surface area (Å²) >= 11 is 0. The van der Waals surface area contributed by atoms with Gasteiger partial charge in [0.2, 0.25) is 16.9 Å². The zero-order valence-electron chi connectivity index (χ0n) is 16.1. The van der Waals surface area contributed by atoms with Crippen LogP contribution in [0.2, 0.25) is 0 Å². The van der Waals surface area contributed by atoms with Crippen LogP contribution >= 0.6 is 0 Å². The lowest BCUT2D eigenvalue weighted by Crippen LogP contribution is -2.18. The number of rotatable bonds is 7. The van der Waals surface area contributed by atoms with E-state index in [4.69, 9.17) is 23.4 Å². The number of benzene rings is 1. The van der Waals surface area contributed by atoms with Crippen LogP contribution in [0, 0.1) is 0 Å².